The predicted octanol–water partition coefficient (Wildman–Crippen LogP) is 2.19. The fraction of sp³-hybridized carbons (Fsp3) is 0.364. The van der Waals surface area contributed by atoms with Crippen molar-refractivity contribution in [1.29, 1.82) is 0 Å². The van der Waals surface area contributed by atoms with Crippen LogP contribution in [0, 0.1) is 6.92 Å². The zero-order valence-electron chi connectivity index (χ0n) is 8.84. The Morgan fingerprint density at radius 2 is 2.20 bits per heavy atom. The molecule has 4 heteroatoms. The van der Waals surface area contributed by atoms with Gasteiger partial charge in [0.15, 0.2) is 5.78 Å². The van der Waals surface area contributed by atoms with E-state index in [1.807, 2.05) is 6.92 Å². The van der Waals surface area contributed by atoms with Gasteiger partial charge < -0.3 is 10.5 Å². The number of benzene rings is 1. The summed E-state index contributed by atoms with van der Waals surface area (Å²) in [4.78, 5) is 11.7. The third-order valence-electron chi connectivity index (χ3n) is 2.23. The van der Waals surface area contributed by atoms with Crippen molar-refractivity contribution in [3.63, 3.8) is 0 Å². The van der Waals surface area contributed by atoms with E-state index in [1.54, 1.807) is 12.1 Å². The maximum Gasteiger partial charge on any atom is 0.164 e. The number of Topliss-reactive ketones (excluding diaryl/α,β-unsaturated/α-hetero) is 1. The molecule has 0 saturated carbocycles. The van der Waals surface area contributed by atoms with Crippen LogP contribution in [0.25, 0.3) is 0 Å². The summed E-state index contributed by atoms with van der Waals surface area (Å²) in [6.07, 6.45) is 0.324. The number of methoxy groups -OCH3 is 1. The van der Waals surface area contributed by atoms with E-state index in [1.165, 1.54) is 7.11 Å². The molecule has 0 bridgehead atoms. The highest BCUT2D eigenvalue weighted by Crippen LogP contribution is 2.26. The SMILES string of the molecule is COc1cc(Cl)c(C)c(C(=O)CCN)c1. The van der Waals surface area contributed by atoms with Gasteiger partial charge in [-0.1, -0.05) is 11.6 Å². The van der Waals surface area contributed by atoms with Gasteiger partial charge in [-0.15, -0.1) is 0 Å². The summed E-state index contributed by atoms with van der Waals surface area (Å²) in [5, 5.41) is 0.537. The molecule has 0 radical (unpaired) electrons. The van der Waals surface area contributed by atoms with Gasteiger partial charge >= 0.3 is 0 Å². The van der Waals surface area contributed by atoms with E-state index in [0.717, 1.165) is 5.56 Å². The van der Waals surface area contributed by atoms with E-state index in [2.05, 4.69) is 0 Å². The quantitative estimate of drug-likeness (QED) is 0.803. The summed E-state index contributed by atoms with van der Waals surface area (Å²) in [6.45, 7) is 2.15. The lowest BCUT2D eigenvalue weighted by Gasteiger charge is -2.09. The number of hydrogen-bond donors (Lipinski definition) is 1. The van der Waals surface area contributed by atoms with E-state index in [4.69, 9.17) is 22.1 Å². The molecule has 3 nitrogen and oxygen atoms in total. The fourth-order valence-electron chi connectivity index (χ4n) is 1.33. The van der Waals surface area contributed by atoms with Crippen molar-refractivity contribution in [2.45, 2.75) is 13.3 Å². The van der Waals surface area contributed by atoms with Gasteiger partial charge in [0, 0.05) is 17.0 Å². The first-order valence-electron chi connectivity index (χ1n) is 4.67. The lowest BCUT2D eigenvalue weighted by Crippen LogP contribution is -2.09. The molecule has 0 saturated heterocycles. The van der Waals surface area contributed by atoms with Crippen LogP contribution in [-0.2, 0) is 0 Å². The first-order chi connectivity index (χ1) is 7.10. The molecule has 1 aromatic carbocycles. The number of carbonyl (C=O) groups excluding carboxylic acids is 1. The smallest absolute Gasteiger partial charge is 0.164 e. The normalized spacial score (nSPS) is 10.1. The van der Waals surface area contributed by atoms with E-state index in [0.29, 0.717) is 29.3 Å². The molecule has 0 aliphatic carbocycles. The van der Waals surface area contributed by atoms with E-state index in [9.17, 15) is 4.79 Å². The molecule has 15 heavy (non-hydrogen) atoms. The second kappa shape index (κ2) is 5.14. The number of halogens is 1. The van der Waals surface area contributed by atoms with Gasteiger partial charge in [-0.25, -0.2) is 0 Å². The van der Waals surface area contributed by atoms with Crippen LogP contribution in [0.1, 0.15) is 22.3 Å². The summed E-state index contributed by atoms with van der Waals surface area (Å²) in [7, 11) is 1.54. The molecule has 0 fully saturated rings. The van der Waals surface area contributed by atoms with Crippen molar-refractivity contribution in [3.05, 3.63) is 28.3 Å². The van der Waals surface area contributed by atoms with Crippen LogP contribution in [0.5, 0.6) is 5.75 Å². The zero-order chi connectivity index (χ0) is 11.4. The van der Waals surface area contributed by atoms with Crippen LogP contribution in [0.15, 0.2) is 12.1 Å². The molecule has 0 aliphatic heterocycles. The van der Waals surface area contributed by atoms with Gasteiger partial charge in [0.2, 0.25) is 0 Å². The van der Waals surface area contributed by atoms with Crippen LogP contribution >= 0.6 is 11.6 Å². The zero-order valence-corrected chi connectivity index (χ0v) is 9.60. The molecule has 2 N–H and O–H groups in total. The fourth-order valence-corrected chi connectivity index (χ4v) is 1.54. The van der Waals surface area contributed by atoms with Gasteiger partial charge in [0.1, 0.15) is 5.75 Å². The van der Waals surface area contributed by atoms with Crippen LogP contribution in [0.3, 0.4) is 0 Å². The van der Waals surface area contributed by atoms with Crippen molar-refractivity contribution in [1.82, 2.24) is 0 Å². The molecule has 0 aliphatic rings. The highest BCUT2D eigenvalue weighted by Gasteiger charge is 2.12. The number of rotatable bonds is 4. The maximum absolute atomic E-state index is 11.7. The number of nitrogens with two attached hydrogens (primary N) is 1. The van der Waals surface area contributed by atoms with Crippen molar-refractivity contribution in [2.24, 2.45) is 5.73 Å². The highest BCUT2D eigenvalue weighted by atomic mass is 35.5. The molecule has 1 rings (SSSR count). The van der Waals surface area contributed by atoms with Crippen molar-refractivity contribution in [3.8, 4) is 5.75 Å². The Balaban J connectivity index is 3.15. The molecule has 0 aromatic heterocycles. The van der Waals surface area contributed by atoms with Gasteiger partial charge in [0.25, 0.3) is 0 Å². The van der Waals surface area contributed by atoms with Gasteiger partial charge in [-0.05, 0) is 31.2 Å². The third kappa shape index (κ3) is 2.70. The Morgan fingerprint density at radius 3 is 2.73 bits per heavy atom. The largest absolute Gasteiger partial charge is 0.497 e. The minimum absolute atomic E-state index is 0.00389. The van der Waals surface area contributed by atoms with Crippen LogP contribution in [-0.4, -0.2) is 19.4 Å². The van der Waals surface area contributed by atoms with Crippen molar-refractivity contribution < 1.29 is 9.53 Å². The van der Waals surface area contributed by atoms with Crippen LogP contribution in [0.4, 0.5) is 0 Å². The van der Waals surface area contributed by atoms with Gasteiger partial charge in [-0.2, -0.15) is 0 Å². The monoisotopic (exact) mass is 227 g/mol. The number of ketones is 1. The lowest BCUT2D eigenvalue weighted by atomic mass is 10.0. The van der Waals surface area contributed by atoms with Crippen molar-refractivity contribution in [2.75, 3.05) is 13.7 Å². The molecular weight excluding hydrogens is 214 g/mol. The number of ether oxygens (including phenoxy) is 1. The summed E-state index contributed by atoms with van der Waals surface area (Å²) < 4.78 is 5.05. The second-order valence-corrected chi connectivity index (χ2v) is 3.65. The maximum atomic E-state index is 11.7. The molecular formula is C11H14ClNO2. The third-order valence-corrected chi connectivity index (χ3v) is 2.62. The highest BCUT2D eigenvalue weighted by molar-refractivity contribution is 6.32. The summed E-state index contributed by atoms with van der Waals surface area (Å²) in [5.74, 6) is 0.585. The van der Waals surface area contributed by atoms with Crippen LogP contribution in [0.2, 0.25) is 5.02 Å². The molecule has 82 valence electrons. The standard InChI is InChI=1S/C11H14ClNO2/c1-7-9(11(14)3-4-13)5-8(15-2)6-10(7)12/h5-6H,3-4,13H2,1-2H3. The summed E-state index contributed by atoms with van der Waals surface area (Å²) >= 11 is 5.98. The summed E-state index contributed by atoms with van der Waals surface area (Å²) in [5.41, 5.74) is 6.70. The average molecular weight is 228 g/mol. The van der Waals surface area contributed by atoms with Crippen LogP contribution < -0.4 is 10.5 Å². The Hall–Kier alpha value is -1.06. The Morgan fingerprint density at radius 1 is 1.53 bits per heavy atom. The first kappa shape index (κ1) is 12.0. The number of carbonyl (C=O) groups is 1. The predicted molar refractivity (Wildman–Crippen MR) is 60.7 cm³/mol. The Kier molecular flexibility index (Phi) is 4.12. The van der Waals surface area contributed by atoms with E-state index in [-0.39, 0.29) is 5.78 Å². The van der Waals surface area contributed by atoms with E-state index >= 15 is 0 Å². The molecule has 0 amide bonds. The number of hydrogen-bond acceptors (Lipinski definition) is 3. The Labute approximate surface area is 94.2 Å². The second-order valence-electron chi connectivity index (χ2n) is 3.24. The minimum Gasteiger partial charge on any atom is -0.497 e. The van der Waals surface area contributed by atoms with Crippen molar-refractivity contribution >= 4 is 17.4 Å². The molecule has 0 atom stereocenters. The van der Waals surface area contributed by atoms with E-state index < -0.39 is 0 Å². The minimum atomic E-state index is -0.00389. The average Bonchev–Trinajstić information content (AvgIpc) is 2.22. The first-order valence-corrected chi connectivity index (χ1v) is 5.05. The molecule has 0 unspecified atom stereocenters. The summed E-state index contributed by atoms with van der Waals surface area (Å²) in [6, 6.07) is 3.38. The molecule has 0 spiro atoms. The Bertz CT molecular complexity index is 377. The molecule has 1 aromatic rings. The van der Waals surface area contributed by atoms with Gasteiger partial charge in [-0.3, -0.25) is 4.79 Å². The lowest BCUT2D eigenvalue weighted by molar-refractivity contribution is 0.0984. The molecule has 0 heterocycles. The topological polar surface area (TPSA) is 52.3 Å². The van der Waals surface area contributed by atoms with Gasteiger partial charge in [0.05, 0.1) is 7.11 Å².